The quantitative estimate of drug-likeness (QED) is 0.374. The molecule has 3 N–H and O–H groups in total. The molecule has 4 amide bonds. The van der Waals surface area contributed by atoms with E-state index in [1.165, 1.54) is 6.92 Å². The van der Waals surface area contributed by atoms with Gasteiger partial charge in [-0.05, 0) is 23.6 Å². The lowest BCUT2D eigenvalue weighted by atomic mass is 9.85. The van der Waals surface area contributed by atoms with Crippen LogP contribution in [0.2, 0.25) is 0 Å². The van der Waals surface area contributed by atoms with Gasteiger partial charge in [0.05, 0.1) is 24.4 Å². The second-order valence-corrected chi connectivity index (χ2v) is 8.83. The Kier molecular flexibility index (Phi) is 8.35. The number of imide groups is 1. The third-order valence-electron chi connectivity index (χ3n) is 5.88. The average Bonchev–Trinajstić information content (AvgIpc) is 3.08. The van der Waals surface area contributed by atoms with Crippen molar-refractivity contribution in [1.82, 2.24) is 16.0 Å². The summed E-state index contributed by atoms with van der Waals surface area (Å²) in [6.45, 7) is 4.99. The lowest BCUT2D eigenvalue weighted by Crippen LogP contribution is -2.49. The standard InChI is InChI=1S/C26H29N3O6/c1-15(2)22(23(31)21-16(3)24(32)29-25(21)33)28-20(30)14-19(17-10-6-4-7-11-17)27-26(34)35-18-12-8-5-9-13-18/h4-13,15-16,19,21-22H,14H2,1-3H3,(H,27,34)(H,28,30)(H,29,32,33)/t16-,19?,21+,22-/m0/s1. The lowest BCUT2D eigenvalue weighted by Gasteiger charge is -2.26. The molecule has 0 spiro atoms. The zero-order valence-corrected chi connectivity index (χ0v) is 19.8. The number of benzene rings is 2. The molecule has 9 heteroatoms. The van der Waals surface area contributed by atoms with Crippen molar-refractivity contribution in [2.24, 2.45) is 17.8 Å². The molecular formula is C26H29N3O6. The SMILES string of the molecule is CC(C)[C@H](NC(=O)CC(NC(=O)Oc1ccccc1)c1ccccc1)C(=O)[C@@H]1C(=O)NC(=O)[C@H]1C. The summed E-state index contributed by atoms with van der Waals surface area (Å²) in [7, 11) is 0. The number of ether oxygens (including phenoxy) is 1. The van der Waals surface area contributed by atoms with Crippen molar-refractivity contribution in [2.75, 3.05) is 0 Å². The van der Waals surface area contributed by atoms with Crippen LogP contribution in [0.4, 0.5) is 4.79 Å². The predicted molar refractivity (Wildman–Crippen MR) is 127 cm³/mol. The number of carbonyl (C=O) groups is 5. The first-order chi connectivity index (χ1) is 16.7. The van der Waals surface area contributed by atoms with Crippen LogP contribution >= 0.6 is 0 Å². The number of ketones is 1. The molecule has 2 aromatic rings. The van der Waals surface area contributed by atoms with Crippen molar-refractivity contribution in [1.29, 1.82) is 0 Å². The Morgan fingerprint density at radius 1 is 0.914 bits per heavy atom. The fourth-order valence-electron chi connectivity index (χ4n) is 3.95. The van der Waals surface area contributed by atoms with E-state index in [1.807, 2.05) is 6.07 Å². The summed E-state index contributed by atoms with van der Waals surface area (Å²) in [5.41, 5.74) is 0.675. The Morgan fingerprint density at radius 2 is 1.51 bits per heavy atom. The molecule has 0 radical (unpaired) electrons. The fourth-order valence-corrected chi connectivity index (χ4v) is 3.95. The van der Waals surface area contributed by atoms with E-state index in [-0.39, 0.29) is 12.3 Å². The van der Waals surface area contributed by atoms with Gasteiger partial charge < -0.3 is 15.4 Å². The van der Waals surface area contributed by atoms with Crippen molar-refractivity contribution in [3.63, 3.8) is 0 Å². The maximum Gasteiger partial charge on any atom is 0.413 e. The highest BCUT2D eigenvalue weighted by Gasteiger charge is 2.46. The van der Waals surface area contributed by atoms with E-state index in [0.29, 0.717) is 11.3 Å². The van der Waals surface area contributed by atoms with Gasteiger partial charge >= 0.3 is 6.09 Å². The minimum atomic E-state index is -1.15. The number of hydrogen-bond acceptors (Lipinski definition) is 6. The van der Waals surface area contributed by atoms with E-state index in [4.69, 9.17) is 4.74 Å². The second-order valence-electron chi connectivity index (χ2n) is 8.83. The zero-order valence-electron chi connectivity index (χ0n) is 19.8. The Morgan fingerprint density at radius 3 is 2.06 bits per heavy atom. The number of amides is 4. The number of rotatable bonds is 9. The predicted octanol–water partition coefficient (Wildman–Crippen LogP) is 2.53. The summed E-state index contributed by atoms with van der Waals surface area (Å²) in [5, 5.41) is 7.57. The second kappa shape index (κ2) is 11.4. The van der Waals surface area contributed by atoms with E-state index in [1.54, 1.807) is 68.4 Å². The first-order valence-corrected chi connectivity index (χ1v) is 11.4. The Hall–Kier alpha value is -4.01. The molecule has 35 heavy (non-hydrogen) atoms. The number of Topliss-reactive ketones (excluding diaryl/α,β-unsaturated/α-hetero) is 1. The first-order valence-electron chi connectivity index (χ1n) is 11.4. The largest absolute Gasteiger partial charge is 0.413 e. The highest BCUT2D eigenvalue weighted by molar-refractivity contribution is 6.16. The van der Waals surface area contributed by atoms with Gasteiger partial charge in [-0.3, -0.25) is 24.5 Å². The summed E-state index contributed by atoms with van der Waals surface area (Å²) < 4.78 is 5.29. The molecule has 1 fully saturated rings. The maximum atomic E-state index is 13.1. The van der Waals surface area contributed by atoms with E-state index >= 15 is 0 Å². The molecule has 2 aromatic carbocycles. The van der Waals surface area contributed by atoms with E-state index < -0.39 is 53.5 Å². The first kappa shape index (κ1) is 25.6. The van der Waals surface area contributed by atoms with Gasteiger partial charge in [-0.25, -0.2) is 4.79 Å². The third-order valence-corrected chi connectivity index (χ3v) is 5.88. The number of nitrogens with one attached hydrogen (secondary N) is 3. The van der Waals surface area contributed by atoms with Crippen LogP contribution < -0.4 is 20.7 Å². The van der Waals surface area contributed by atoms with Crippen molar-refractivity contribution in [2.45, 2.75) is 39.3 Å². The van der Waals surface area contributed by atoms with Gasteiger partial charge in [0.1, 0.15) is 11.7 Å². The minimum Gasteiger partial charge on any atom is -0.410 e. The Labute approximate surface area is 203 Å². The molecule has 0 saturated carbocycles. The molecule has 0 aliphatic carbocycles. The topological polar surface area (TPSA) is 131 Å². The van der Waals surface area contributed by atoms with Crippen LogP contribution in [0.15, 0.2) is 60.7 Å². The highest BCUT2D eigenvalue weighted by Crippen LogP contribution is 2.24. The van der Waals surface area contributed by atoms with Crippen LogP contribution in [0, 0.1) is 17.8 Å². The molecule has 1 unspecified atom stereocenters. The van der Waals surface area contributed by atoms with E-state index in [2.05, 4.69) is 16.0 Å². The van der Waals surface area contributed by atoms with Crippen molar-refractivity contribution >= 4 is 29.6 Å². The maximum absolute atomic E-state index is 13.1. The van der Waals surface area contributed by atoms with Crippen molar-refractivity contribution in [3.8, 4) is 5.75 Å². The molecule has 1 heterocycles. The molecule has 1 aliphatic rings. The Balaban J connectivity index is 1.72. The van der Waals surface area contributed by atoms with Gasteiger partial charge in [0.15, 0.2) is 5.78 Å². The number of hydrogen-bond donors (Lipinski definition) is 3. The third kappa shape index (κ3) is 6.53. The van der Waals surface area contributed by atoms with Crippen LogP contribution in [-0.4, -0.2) is 35.6 Å². The summed E-state index contributed by atoms with van der Waals surface area (Å²) in [4.78, 5) is 62.6. The Bertz CT molecular complexity index is 1090. The minimum absolute atomic E-state index is 0.171. The van der Waals surface area contributed by atoms with Crippen LogP contribution in [0.3, 0.4) is 0 Å². The fraction of sp³-hybridized carbons (Fsp3) is 0.346. The number of para-hydroxylation sites is 1. The molecule has 0 aromatic heterocycles. The van der Waals surface area contributed by atoms with E-state index in [9.17, 15) is 24.0 Å². The van der Waals surface area contributed by atoms with Gasteiger partial charge in [0.25, 0.3) is 0 Å². The average molecular weight is 480 g/mol. The van der Waals surface area contributed by atoms with Crippen LogP contribution in [0.1, 0.15) is 38.8 Å². The molecule has 3 rings (SSSR count). The molecule has 9 nitrogen and oxygen atoms in total. The smallest absolute Gasteiger partial charge is 0.410 e. The normalized spacial score (nSPS) is 19.0. The monoisotopic (exact) mass is 479 g/mol. The highest BCUT2D eigenvalue weighted by atomic mass is 16.6. The molecule has 184 valence electrons. The van der Waals surface area contributed by atoms with Gasteiger partial charge in [-0.15, -0.1) is 0 Å². The molecule has 4 atom stereocenters. The lowest BCUT2D eigenvalue weighted by molar-refractivity contribution is -0.137. The summed E-state index contributed by atoms with van der Waals surface area (Å²) in [6, 6.07) is 15.7. The van der Waals surface area contributed by atoms with E-state index in [0.717, 1.165) is 0 Å². The zero-order chi connectivity index (χ0) is 25.5. The molecular weight excluding hydrogens is 450 g/mol. The summed E-state index contributed by atoms with van der Waals surface area (Å²) in [6.07, 6.45) is -0.903. The molecule has 1 aliphatic heterocycles. The van der Waals surface area contributed by atoms with Crippen molar-refractivity contribution in [3.05, 3.63) is 66.2 Å². The van der Waals surface area contributed by atoms with Crippen LogP contribution in [0.25, 0.3) is 0 Å². The van der Waals surface area contributed by atoms with Gasteiger partial charge in [-0.2, -0.15) is 0 Å². The van der Waals surface area contributed by atoms with Gasteiger partial charge in [0.2, 0.25) is 17.7 Å². The number of carbonyl (C=O) groups excluding carboxylic acids is 5. The van der Waals surface area contributed by atoms with Crippen LogP contribution in [-0.2, 0) is 19.2 Å². The molecule has 1 saturated heterocycles. The van der Waals surface area contributed by atoms with Crippen molar-refractivity contribution < 1.29 is 28.7 Å². The molecule has 0 bridgehead atoms. The van der Waals surface area contributed by atoms with Crippen LogP contribution in [0.5, 0.6) is 5.75 Å². The summed E-state index contributed by atoms with van der Waals surface area (Å²) in [5.74, 6) is -4.11. The van der Waals surface area contributed by atoms with Gasteiger partial charge in [0, 0.05) is 0 Å². The summed E-state index contributed by atoms with van der Waals surface area (Å²) >= 11 is 0. The van der Waals surface area contributed by atoms with Gasteiger partial charge in [-0.1, -0.05) is 69.3 Å².